The summed E-state index contributed by atoms with van der Waals surface area (Å²) in [6.07, 6.45) is 3.62. The number of rotatable bonds is 1. The largest absolute Gasteiger partial charge is 0.381 e. The molecule has 2 N–H and O–H groups in total. The average Bonchev–Trinajstić information content (AvgIpc) is 2.96. The van der Waals surface area contributed by atoms with Crippen LogP contribution in [0, 0.1) is 5.41 Å². The van der Waals surface area contributed by atoms with E-state index in [4.69, 9.17) is 15.5 Å². The minimum absolute atomic E-state index is 0.0566. The summed E-state index contributed by atoms with van der Waals surface area (Å²) in [6.45, 7) is 4.42. The fourth-order valence-electron chi connectivity index (χ4n) is 4.92. The maximum absolute atomic E-state index is 13.4. The van der Waals surface area contributed by atoms with E-state index in [0.29, 0.717) is 0 Å². The molecule has 25 heavy (non-hydrogen) atoms. The molecule has 0 saturated heterocycles. The van der Waals surface area contributed by atoms with Gasteiger partial charge in [-0.1, -0.05) is 28.6 Å². The molecule has 1 fully saturated rings. The number of aliphatic imine (C=N–C) groups is 1. The van der Waals surface area contributed by atoms with Gasteiger partial charge in [0.1, 0.15) is 0 Å². The van der Waals surface area contributed by atoms with Crippen molar-refractivity contribution < 1.29 is 9.53 Å². The number of ether oxygens (including phenoxy) is 1. The average molecular weight is 404 g/mol. The van der Waals surface area contributed by atoms with Gasteiger partial charge in [0, 0.05) is 24.0 Å². The lowest BCUT2D eigenvalue weighted by molar-refractivity contribution is -0.135. The predicted molar refractivity (Wildman–Crippen MR) is 101 cm³/mol. The van der Waals surface area contributed by atoms with E-state index in [1.54, 1.807) is 14.2 Å². The quantitative estimate of drug-likeness (QED) is 0.783. The monoisotopic (exact) mass is 403 g/mol. The number of likely N-dealkylation sites (N-methyl/N-ethyl adjacent to an activating group) is 1. The molecule has 1 amide bonds. The molecule has 2 aliphatic carbocycles. The first kappa shape index (κ1) is 16.8. The van der Waals surface area contributed by atoms with Gasteiger partial charge in [0.15, 0.2) is 11.5 Å². The summed E-state index contributed by atoms with van der Waals surface area (Å²) >= 11 is 3.54. The lowest BCUT2D eigenvalue weighted by atomic mass is 9.60. The predicted octanol–water partition coefficient (Wildman–Crippen LogP) is 3.03. The van der Waals surface area contributed by atoms with Crippen LogP contribution in [0.4, 0.5) is 0 Å². The van der Waals surface area contributed by atoms with Crippen molar-refractivity contribution >= 4 is 33.4 Å². The smallest absolute Gasteiger partial charge is 0.262 e. The van der Waals surface area contributed by atoms with E-state index >= 15 is 0 Å². The van der Waals surface area contributed by atoms with Gasteiger partial charge < -0.3 is 10.5 Å². The van der Waals surface area contributed by atoms with E-state index in [1.807, 2.05) is 18.2 Å². The Labute approximate surface area is 156 Å². The zero-order chi connectivity index (χ0) is 18.0. The van der Waals surface area contributed by atoms with Crippen molar-refractivity contribution in [1.29, 1.82) is 0 Å². The minimum atomic E-state index is -0.999. The molecular formula is C19H22BrN3O2. The van der Waals surface area contributed by atoms with Crippen LogP contribution < -0.4 is 5.73 Å². The molecule has 1 atom stereocenters. The molecule has 5 nitrogen and oxygen atoms in total. The minimum Gasteiger partial charge on any atom is -0.381 e. The van der Waals surface area contributed by atoms with Gasteiger partial charge in [-0.15, -0.1) is 0 Å². The number of nitrogens with two attached hydrogens (primary N) is 1. The van der Waals surface area contributed by atoms with Crippen LogP contribution in [0.25, 0.3) is 5.57 Å². The fraction of sp³-hybridized carbons (Fsp3) is 0.474. The second-order valence-corrected chi connectivity index (χ2v) is 8.15. The number of benzene rings is 1. The van der Waals surface area contributed by atoms with Gasteiger partial charge in [0.05, 0.1) is 6.10 Å². The Morgan fingerprint density at radius 3 is 2.64 bits per heavy atom. The van der Waals surface area contributed by atoms with Gasteiger partial charge in [-0.25, -0.2) is 4.99 Å². The first-order chi connectivity index (χ1) is 11.9. The van der Waals surface area contributed by atoms with Crippen molar-refractivity contribution in [2.45, 2.75) is 37.3 Å². The van der Waals surface area contributed by atoms with Crippen LogP contribution in [-0.4, -0.2) is 37.0 Å². The molecule has 1 aromatic rings. The molecule has 0 unspecified atom stereocenters. The first-order valence-electron chi connectivity index (χ1n) is 8.53. The number of carbonyl (C=O) groups is 1. The summed E-state index contributed by atoms with van der Waals surface area (Å²) in [5.41, 5.74) is 7.61. The Hall–Kier alpha value is -1.66. The molecule has 6 heteroatoms. The number of nitrogens with zero attached hydrogens (tertiary/aromatic N) is 2. The summed E-state index contributed by atoms with van der Waals surface area (Å²) in [5, 5.41) is 0. The number of halogens is 1. The van der Waals surface area contributed by atoms with Crippen molar-refractivity contribution in [1.82, 2.24) is 4.90 Å². The molecule has 132 valence electrons. The Morgan fingerprint density at radius 2 is 2.08 bits per heavy atom. The number of fused-ring (bicyclic) bond motifs is 3. The number of hydrogen-bond acceptors (Lipinski definition) is 4. The molecule has 1 heterocycles. The van der Waals surface area contributed by atoms with Crippen molar-refractivity contribution in [2.24, 2.45) is 16.1 Å². The van der Waals surface area contributed by atoms with E-state index in [1.165, 1.54) is 4.90 Å². The number of amides is 1. The van der Waals surface area contributed by atoms with E-state index in [2.05, 4.69) is 22.5 Å². The highest BCUT2D eigenvalue weighted by Gasteiger charge is 2.67. The Kier molecular flexibility index (Phi) is 3.64. The summed E-state index contributed by atoms with van der Waals surface area (Å²) in [5.74, 6) is 0.220. The van der Waals surface area contributed by atoms with Crippen LogP contribution in [0.3, 0.4) is 0 Å². The third kappa shape index (κ3) is 1.92. The lowest BCUT2D eigenvalue weighted by Crippen LogP contribution is -2.51. The second kappa shape index (κ2) is 5.42. The molecule has 1 aromatic carbocycles. The maximum atomic E-state index is 13.4. The molecule has 1 aliphatic heterocycles. The summed E-state index contributed by atoms with van der Waals surface area (Å²) in [4.78, 5) is 19.7. The van der Waals surface area contributed by atoms with Crippen LogP contribution in [0.15, 0.2) is 34.2 Å². The van der Waals surface area contributed by atoms with E-state index in [9.17, 15) is 4.79 Å². The van der Waals surface area contributed by atoms with Crippen molar-refractivity contribution in [2.75, 3.05) is 14.2 Å². The molecule has 0 radical (unpaired) electrons. The number of hydrogen-bond donors (Lipinski definition) is 1. The summed E-state index contributed by atoms with van der Waals surface area (Å²) < 4.78 is 6.48. The van der Waals surface area contributed by atoms with Crippen LogP contribution in [-0.2, 0) is 15.1 Å². The summed E-state index contributed by atoms with van der Waals surface area (Å²) in [6, 6.07) is 6.04. The molecular weight excluding hydrogens is 382 g/mol. The molecule has 3 aliphatic rings. The van der Waals surface area contributed by atoms with Crippen LogP contribution in [0.2, 0.25) is 0 Å². The number of methoxy groups -OCH3 is 1. The fourth-order valence-corrected chi connectivity index (χ4v) is 5.29. The zero-order valence-electron chi connectivity index (χ0n) is 14.5. The topological polar surface area (TPSA) is 67.9 Å². The van der Waals surface area contributed by atoms with Gasteiger partial charge >= 0.3 is 0 Å². The van der Waals surface area contributed by atoms with E-state index < -0.39 is 11.0 Å². The molecule has 2 spiro atoms. The van der Waals surface area contributed by atoms with Crippen molar-refractivity contribution in [3.8, 4) is 0 Å². The first-order valence-corrected chi connectivity index (χ1v) is 9.33. The second-order valence-electron chi connectivity index (χ2n) is 7.23. The summed E-state index contributed by atoms with van der Waals surface area (Å²) in [7, 11) is 3.45. The molecule has 0 bridgehead atoms. The van der Waals surface area contributed by atoms with E-state index in [0.717, 1.165) is 46.9 Å². The van der Waals surface area contributed by atoms with Crippen LogP contribution in [0.5, 0.6) is 0 Å². The van der Waals surface area contributed by atoms with Gasteiger partial charge in [-0.05, 0) is 54.5 Å². The number of carbonyl (C=O) groups excluding carboxylic acids is 1. The van der Waals surface area contributed by atoms with Gasteiger partial charge in [-0.2, -0.15) is 0 Å². The Bertz CT molecular complexity index is 811. The van der Waals surface area contributed by atoms with Gasteiger partial charge in [0.25, 0.3) is 5.91 Å². The van der Waals surface area contributed by atoms with Crippen molar-refractivity contribution in [3.05, 3.63) is 40.4 Å². The standard InChI is InChI=1S/C19H22BrN3O2/c1-11-14-5-4-12(20)10-15(14)19(16(24)23(2)17(21)22-19)18(11)8-6-13(25-3)7-9-18/h4-5,10,13H,1,6-9H2,2-3H3,(H2,21,22)/t13?,18?,19-/m1/s1. The third-order valence-corrected chi connectivity index (χ3v) is 6.82. The van der Waals surface area contributed by atoms with Crippen molar-refractivity contribution in [3.63, 3.8) is 0 Å². The molecule has 0 aromatic heterocycles. The van der Waals surface area contributed by atoms with Gasteiger partial charge in [-0.3, -0.25) is 9.69 Å². The maximum Gasteiger partial charge on any atom is 0.262 e. The highest BCUT2D eigenvalue weighted by Crippen LogP contribution is 2.66. The zero-order valence-corrected chi connectivity index (χ0v) is 16.1. The highest BCUT2D eigenvalue weighted by atomic mass is 79.9. The lowest BCUT2D eigenvalue weighted by Gasteiger charge is -2.45. The normalized spacial score (nSPS) is 34.1. The third-order valence-electron chi connectivity index (χ3n) is 6.33. The Morgan fingerprint density at radius 1 is 1.40 bits per heavy atom. The SMILES string of the molecule is C=C1c2ccc(Br)cc2[C@]2(N=C(N)N(C)C2=O)C12CCC(OC)CC2. The Balaban J connectivity index is 1.96. The molecule has 1 saturated carbocycles. The van der Waals surface area contributed by atoms with Gasteiger partial charge in [0.2, 0.25) is 0 Å². The van der Waals surface area contributed by atoms with Crippen LogP contribution in [0.1, 0.15) is 36.8 Å². The highest BCUT2D eigenvalue weighted by molar-refractivity contribution is 9.10. The number of guanidine groups is 1. The van der Waals surface area contributed by atoms with E-state index in [-0.39, 0.29) is 18.0 Å². The molecule has 4 rings (SSSR count). The van der Waals surface area contributed by atoms with Crippen LogP contribution >= 0.6 is 15.9 Å².